The lowest BCUT2D eigenvalue weighted by atomic mass is 9.89. The average molecular weight is 260 g/mol. The zero-order chi connectivity index (χ0) is 13.7. The van der Waals surface area contributed by atoms with Gasteiger partial charge in [-0.15, -0.1) is 0 Å². The summed E-state index contributed by atoms with van der Waals surface area (Å²) in [7, 11) is 0. The molecule has 0 aliphatic heterocycles. The fourth-order valence-corrected chi connectivity index (χ4v) is 2.91. The van der Waals surface area contributed by atoms with Gasteiger partial charge in [-0.1, -0.05) is 30.3 Å². The Labute approximate surface area is 118 Å². The summed E-state index contributed by atoms with van der Waals surface area (Å²) in [4.78, 5) is 0. The van der Waals surface area contributed by atoms with Gasteiger partial charge in [0.25, 0.3) is 0 Å². The Morgan fingerprint density at radius 2 is 1.53 bits per heavy atom. The Morgan fingerprint density at radius 1 is 0.947 bits per heavy atom. The van der Waals surface area contributed by atoms with Crippen molar-refractivity contribution in [3.8, 4) is 0 Å². The van der Waals surface area contributed by atoms with Crippen LogP contribution in [-0.4, -0.2) is 17.6 Å². The Bertz CT molecular complexity index is 359. The minimum atomic E-state index is 0.245. The van der Waals surface area contributed by atoms with Crippen molar-refractivity contribution in [2.45, 2.75) is 70.6 Å². The van der Waals surface area contributed by atoms with Gasteiger partial charge < -0.3 is 10.6 Å². The number of nitrogens with one attached hydrogen (secondary N) is 2. The number of hydrogen-bond acceptors (Lipinski definition) is 2. The second kappa shape index (κ2) is 6.53. The highest BCUT2D eigenvalue weighted by atomic mass is 15.0. The van der Waals surface area contributed by atoms with Gasteiger partial charge in [0.1, 0.15) is 0 Å². The monoisotopic (exact) mass is 260 g/mol. The maximum Gasteiger partial charge on any atom is 0.0208 e. The largest absolute Gasteiger partial charge is 0.310 e. The number of hydrogen-bond donors (Lipinski definition) is 2. The molecule has 0 atom stereocenters. The van der Waals surface area contributed by atoms with Crippen molar-refractivity contribution in [1.29, 1.82) is 0 Å². The highest BCUT2D eigenvalue weighted by molar-refractivity contribution is 5.14. The third-order valence-corrected chi connectivity index (χ3v) is 3.80. The molecule has 0 saturated heterocycles. The highest BCUT2D eigenvalue weighted by Gasteiger charge is 2.23. The molecule has 2 rings (SSSR count). The van der Waals surface area contributed by atoms with E-state index in [1.807, 2.05) is 0 Å². The van der Waals surface area contributed by atoms with E-state index >= 15 is 0 Å². The quantitative estimate of drug-likeness (QED) is 0.866. The Balaban J connectivity index is 1.69. The average Bonchev–Trinajstić information content (AvgIpc) is 2.37. The first-order chi connectivity index (χ1) is 9.03. The third kappa shape index (κ3) is 5.33. The van der Waals surface area contributed by atoms with E-state index in [0.29, 0.717) is 12.1 Å². The lowest BCUT2D eigenvalue weighted by Crippen LogP contribution is -2.47. The SMILES string of the molecule is CC(C)(C)NC1CCC(NCc2ccccc2)CC1. The van der Waals surface area contributed by atoms with Gasteiger partial charge in [-0.05, 0) is 52.0 Å². The summed E-state index contributed by atoms with van der Waals surface area (Å²) in [5, 5.41) is 7.42. The van der Waals surface area contributed by atoms with E-state index in [1.165, 1.54) is 31.2 Å². The van der Waals surface area contributed by atoms with Gasteiger partial charge in [0.15, 0.2) is 0 Å². The second-order valence-corrected chi connectivity index (χ2v) is 6.81. The second-order valence-electron chi connectivity index (χ2n) is 6.81. The first kappa shape index (κ1) is 14.5. The van der Waals surface area contributed by atoms with Crippen LogP contribution < -0.4 is 10.6 Å². The predicted molar refractivity (Wildman–Crippen MR) is 82.2 cm³/mol. The smallest absolute Gasteiger partial charge is 0.0208 e. The molecule has 1 aliphatic rings. The minimum absolute atomic E-state index is 0.245. The van der Waals surface area contributed by atoms with Crippen LogP contribution in [0.5, 0.6) is 0 Å². The summed E-state index contributed by atoms with van der Waals surface area (Å²) in [6.45, 7) is 7.77. The van der Waals surface area contributed by atoms with Crippen molar-refractivity contribution in [2.75, 3.05) is 0 Å². The Kier molecular flexibility index (Phi) is 5.00. The molecule has 2 nitrogen and oxygen atoms in total. The summed E-state index contributed by atoms with van der Waals surface area (Å²) in [6, 6.07) is 12.1. The van der Waals surface area contributed by atoms with Crippen molar-refractivity contribution in [3.05, 3.63) is 35.9 Å². The number of benzene rings is 1. The molecule has 0 spiro atoms. The fraction of sp³-hybridized carbons (Fsp3) is 0.647. The van der Waals surface area contributed by atoms with Gasteiger partial charge >= 0.3 is 0 Å². The van der Waals surface area contributed by atoms with E-state index in [0.717, 1.165) is 6.54 Å². The summed E-state index contributed by atoms with van der Waals surface area (Å²) < 4.78 is 0. The standard InChI is InChI=1S/C17H28N2/c1-17(2,3)19-16-11-9-15(10-12-16)18-13-14-7-5-4-6-8-14/h4-8,15-16,18-19H,9-13H2,1-3H3. The molecule has 0 amide bonds. The van der Waals surface area contributed by atoms with E-state index in [4.69, 9.17) is 0 Å². The molecular weight excluding hydrogens is 232 g/mol. The molecule has 2 N–H and O–H groups in total. The Hall–Kier alpha value is -0.860. The van der Waals surface area contributed by atoms with Crippen LogP contribution >= 0.6 is 0 Å². The van der Waals surface area contributed by atoms with E-state index in [-0.39, 0.29) is 5.54 Å². The van der Waals surface area contributed by atoms with Gasteiger partial charge in [-0.3, -0.25) is 0 Å². The molecule has 19 heavy (non-hydrogen) atoms. The molecular formula is C17H28N2. The summed E-state index contributed by atoms with van der Waals surface area (Å²) in [5.74, 6) is 0. The maximum absolute atomic E-state index is 3.72. The first-order valence-corrected chi connectivity index (χ1v) is 7.58. The highest BCUT2D eigenvalue weighted by Crippen LogP contribution is 2.21. The molecule has 1 aromatic rings. The molecule has 0 unspecified atom stereocenters. The maximum atomic E-state index is 3.72. The lowest BCUT2D eigenvalue weighted by molar-refractivity contribution is 0.261. The van der Waals surface area contributed by atoms with Crippen LogP contribution in [0.4, 0.5) is 0 Å². The molecule has 0 aromatic heterocycles. The molecule has 1 aliphatic carbocycles. The van der Waals surface area contributed by atoms with E-state index < -0.39 is 0 Å². The number of rotatable bonds is 4. The van der Waals surface area contributed by atoms with E-state index in [2.05, 4.69) is 61.7 Å². The Morgan fingerprint density at radius 3 is 2.11 bits per heavy atom. The van der Waals surface area contributed by atoms with Crippen LogP contribution in [-0.2, 0) is 6.54 Å². The van der Waals surface area contributed by atoms with Crippen LogP contribution in [0.3, 0.4) is 0 Å². The van der Waals surface area contributed by atoms with Gasteiger partial charge in [-0.25, -0.2) is 0 Å². The summed E-state index contributed by atoms with van der Waals surface area (Å²) >= 11 is 0. The van der Waals surface area contributed by atoms with Crippen molar-refractivity contribution in [3.63, 3.8) is 0 Å². The van der Waals surface area contributed by atoms with E-state index in [1.54, 1.807) is 0 Å². The van der Waals surface area contributed by atoms with Crippen molar-refractivity contribution < 1.29 is 0 Å². The van der Waals surface area contributed by atoms with Crippen LogP contribution in [0.2, 0.25) is 0 Å². The molecule has 0 heterocycles. The molecule has 1 fully saturated rings. The minimum Gasteiger partial charge on any atom is -0.310 e. The van der Waals surface area contributed by atoms with E-state index in [9.17, 15) is 0 Å². The van der Waals surface area contributed by atoms with Crippen LogP contribution in [0.15, 0.2) is 30.3 Å². The van der Waals surface area contributed by atoms with Gasteiger partial charge in [-0.2, -0.15) is 0 Å². The van der Waals surface area contributed by atoms with Gasteiger partial charge in [0, 0.05) is 24.2 Å². The summed E-state index contributed by atoms with van der Waals surface area (Å²) in [5.41, 5.74) is 1.63. The molecule has 106 valence electrons. The van der Waals surface area contributed by atoms with Crippen molar-refractivity contribution in [1.82, 2.24) is 10.6 Å². The van der Waals surface area contributed by atoms with Crippen LogP contribution in [0, 0.1) is 0 Å². The predicted octanol–water partition coefficient (Wildman–Crippen LogP) is 3.48. The topological polar surface area (TPSA) is 24.1 Å². The van der Waals surface area contributed by atoms with Gasteiger partial charge in [0.05, 0.1) is 0 Å². The normalized spacial score (nSPS) is 24.4. The molecule has 2 heteroatoms. The fourth-order valence-electron chi connectivity index (χ4n) is 2.91. The zero-order valence-corrected chi connectivity index (χ0v) is 12.6. The lowest BCUT2D eigenvalue weighted by Gasteiger charge is -2.34. The summed E-state index contributed by atoms with van der Waals surface area (Å²) in [6.07, 6.45) is 5.18. The van der Waals surface area contributed by atoms with Crippen LogP contribution in [0.25, 0.3) is 0 Å². The molecule has 1 saturated carbocycles. The molecule has 1 aromatic carbocycles. The van der Waals surface area contributed by atoms with Crippen molar-refractivity contribution in [2.24, 2.45) is 0 Å². The van der Waals surface area contributed by atoms with Gasteiger partial charge in [0.2, 0.25) is 0 Å². The first-order valence-electron chi connectivity index (χ1n) is 7.58. The third-order valence-electron chi connectivity index (χ3n) is 3.80. The zero-order valence-electron chi connectivity index (χ0n) is 12.6. The molecule has 0 radical (unpaired) electrons. The molecule has 0 bridgehead atoms. The van der Waals surface area contributed by atoms with Crippen molar-refractivity contribution >= 4 is 0 Å². The van der Waals surface area contributed by atoms with Crippen LogP contribution in [0.1, 0.15) is 52.0 Å².